The van der Waals surface area contributed by atoms with E-state index < -0.39 is 10.0 Å². The topological polar surface area (TPSA) is 37.4 Å². The lowest BCUT2D eigenvalue weighted by atomic mass is 9.95. The number of alkyl halides is 1. The molecule has 96 valence electrons. The summed E-state index contributed by atoms with van der Waals surface area (Å²) >= 11 is 6.03. The zero-order chi connectivity index (χ0) is 12.3. The molecular weight excluding hydrogens is 246 g/mol. The molecule has 5 heteroatoms. The quantitative estimate of drug-likeness (QED) is 0.733. The van der Waals surface area contributed by atoms with Crippen molar-refractivity contribution in [3.05, 3.63) is 0 Å². The van der Waals surface area contributed by atoms with Gasteiger partial charge >= 0.3 is 0 Å². The monoisotopic (exact) mass is 267 g/mol. The van der Waals surface area contributed by atoms with Crippen LogP contribution in [0, 0.1) is 11.8 Å². The molecule has 1 aliphatic heterocycles. The molecule has 1 fully saturated rings. The van der Waals surface area contributed by atoms with Crippen molar-refractivity contribution in [1.29, 1.82) is 0 Å². The van der Waals surface area contributed by atoms with Crippen molar-refractivity contribution < 1.29 is 8.42 Å². The highest BCUT2D eigenvalue weighted by atomic mass is 35.5. The number of nitrogens with zero attached hydrogens (tertiary/aromatic N) is 1. The summed E-state index contributed by atoms with van der Waals surface area (Å²) in [5, 5.41) is 0.148. The van der Waals surface area contributed by atoms with Gasteiger partial charge in [0.05, 0.1) is 5.75 Å². The van der Waals surface area contributed by atoms with Crippen LogP contribution in [0.5, 0.6) is 0 Å². The van der Waals surface area contributed by atoms with Gasteiger partial charge < -0.3 is 0 Å². The second kappa shape index (κ2) is 5.69. The van der Waals surface area contributed by atoms with Crippen LogP contribution in [0.15, 0.2) is 0 Å². The highest BCUT2D eigenvalue weighted by molar-refractivity contribution is 7.89. The maximum atomic E-state index is 12.0. The summed E-state index contributed by atoms with van der Waals surface area (Å²) in [6.45, 7) is 7.13. The lowest BCUT2D eigenvalue weighted by Crippen LogP contribution is -2.41. The van der Waals surface area contributed by atoms with Crippen LogP contribution < -0.4 is 0 Å². The molecule has 0 spiro atoms. The Balaban J connectivity index is 2.53. The van der Waals surface area contributed by atoms with Crippen molar-refractivity contribution >= 4 is 21.6 Å². The van der Waals surface area contributed by atoms with Gasteiger partial charge in [0.2, 0.25) is 10.0 Å². The van der Waals surface area contributed by atoms with Gasteiger partial charge in [-0.05, 0) is 31.6 Å². The summed E-state index contributed by atoms with van der Waals surface area (Å²) in [7, 11) is -3.04. The Morgan fingerprint density at radius 2 is 1.75 bits per heavy atom. The van der Waals surface area contributed by atoms with Crippen LogP contribution >= 0.6 is 11.6 Å². The van der Waals surface area contributed by atoms with Crippen molar-refractivity contribution in [2.24, 2.45) is 11.8 Å². The fraction of sp³-hybridized carbons (Fsp3) is 1.00. The van der Waals surface area contributed by atoms with Crippen molar-refractivity contribution in [2.75, 3.05) is 18.8 Å². The first-order valence-corrected chi connectivity index (χ1v) is 7.99. The van der Waals surface area contributed by atoms with Gasteiger partial charge in [0.15, 0.2) is 0 Å². The number of hydrogen-bond acceptors (Lipinski definition) is 2. The van der Waals surface area contributed by atoms with Crippen molar-refractivity contribution in [1.82, 2.24) is 4.31 Å². The molecule has 1 aliphatic rings. The minimum Gasteiger partial charge on any atom is -0.212 e. The summed E-state index contributed by atoms with van der Waals surface area (Å²) in [6, 6.07) is 0. The Bertz CT molecular complexity index is 306. The molecule has 1 atom stereocenters. The Kier molecular flexibility index (Phi) is 5.08. The normalized spacial score (nSPS) is 22.6. The third-order valence-electron chi connectivity index (χ3n) is 3.09. The number of sulfonamides is 1. The smallest absolute Gasteiger partial charge is 0.212 e. The number of piperidine rings is 1. The van der Waals surface area contributed by atoms with Crippen LogP contribution in [0.25, 0.3) is 0 Å². The van der Waals surface area contributed by atoms with Gasteiger partial charge in [-0.1, -0.05) is 13.8 Å². The summed E-state index contributed by atoms with van der Waals surface area (Å²) in [5.41, 5.74) is 0. The first-order chi connectivity index (χ1) is 7.33. The highest BCUT2D eigenvalue weighted by Gasteiger charge is 2.29. The van der Waals surface area contributed by atoms with Crippen LogP contribution in [0.4, 0.5) is 0 Å². The number of halogens is 1. The lowest BCUT2D eigenvalue weighted by molar-refractivity contribution is 0.271. The molecule has 0 saturated carbocycles. The van der Waals surface area contributed by atoms with E-state index in [1.54, 1.807) is 4.31 Å². The van der Waals surface area contributed by atoms with Gasteiger partial charge in [-0.25, -0.2) is 12.7 Å². The molecule has 3 nitrogen and oxygen atoms in total. The van der Waals surface area contributed by atoms with Crippen LogP contribution in [0.1, 0.15) is 33.6 Å². The van der Waals surface area contributed by atoms with Crippen LogP contribution in [0.2, 0.25) is 0 Å². The Morgan fingerprint density at radius 3 is 2.12 bits per heavy atom. The SMILES string of the molecule is CC(C)CS(=O)(=O)N1CCC(C(C)Cl)CC1. The minimum atomic E-state index is -3.04. The minimum absolute atomic E-state index is 0.148. The van der Waals surface area contributed by atoms with Crippen molar-refractivity contribution in [3.8, 4) is 0 Å². The van der Waals surface area contributed by atoms with Gasteiger partial charge in [0.25, 0.3) is 0 Å². The molecular formula is C11H22ClNO2S. The molecule has 0 radical (unpaired) electrons. The van der Waals surface area contributed by atoms with Crippen LogP contribution in [0.3, 0.4) is 0 Å². The zero-order valence-corrected chi connectivity index (χ0v) is 11.9. The van der Waals surface area contributed by atoms with E-state index in [0.29, 0.717) is 19.0 Å². The lowest BCUT2D eigenvalue weighted by Gasteiger charge is -2.32. The summed E-state index contributed by atoms with van der Waals surface area (Å²) in [6.07, 6.45) is 1.78. The van der Waals surface area contributed by atoms with Crippen molar-refractivity contribution in [2.45, 2.75) is 39.0 Å². The van der Waals surface area contributed by atoms with Crippen LogP contribution in [-0.2, 0) is 10.0 Å². The Labute approximate surface area is 104 Å². The van der Waals surface area contributed by atoms with E-state index in [4.69, 9.17) is 11.6 Å². The molecule has 1 heterocycles. The van der Waals surface area contributed by atoms with E-state index in [1.165, 1.54) is 0 Å². The Morgan fingerprint density at radius 1 is 1.25 bits per heavy atom. The molecule has 1 rings (SSSR count). The molecule has 0 amide bonds. The van der Waals surface area contributed by atoms with E-state index in [2.05, 4.69) is 0 Å². The number of rotatable bonds is 4. The fourth-order valence-corrected chi connectivity index (χ4v) is 4.21. The first kappa shape index (κ1) is 14.3. The summed E-state index contributed by atoms with van der Waals surface area (Å²) in [4.78, 5) is 0. The third-order valence-corrected chi connectivity index (χ3v) is 5.68. The molecule has 0 N–H and O–H groups in total. The zero-order valence-electron chi connectivity index (χ0n) is 10.3. The van der Waals surface area contributed by atoms with Gasteiger partial charge in [-0.15, -0.1) is 11.6 Å². The van der Waals surface area contributed by atoms with E-state index in [0.717, 1.165) is 12.8 Å². The molecule has 1 saturated heterocycles. The number of hydrogen-bond donors (Lipinski definition) is 0. The predicted octanol–water partition coefficient (Wildman–Crippen LogP) is 2.31. The molecule has 0 bridgehead atoms. The average molecular weight is 268 g/mol. The molecule has 0 aliphatic carbocycles. The maximum Gasteiger partial charge on any atom is 0.214 e. The summed E-state index contributed by atoms with van der Waals surface area (Å²) in [5.74, 6) is 0.913. The Hall–Kier alpha value is 0.200. The fourth-order valence-electron chi connectivity index (χ4n) is 2.14. The van der Waals surface area contributed by atoms with Gasteiger partial charge in [-0.2, -0.15) is 0 Å². The largest absolute Gasteiger partial charge is 0.214 e. The molecule has 1 unspecified atom stereocenters. The second-order valence-electron chi connectivity index (χ2n) is 5.09. The molecule has 0 aromatic heterocycles. The van der Waals surface area contributed by atoms with Gasteiger partial charge in [0.1, 0.15) is 0 Å². The summed E-state index contributed by atoms with van der Waals surface area (Å²) < 4.78 is 25.6. The van der Waals surface area contributed by atoms with E-state index in [1.807, 2.05) is 20.8 Å². The first-order valence-electron chi connectivity index (χ1n) is 5.95. The third kappa shape index (κ3) is 3.90. The predicted molar refractivity (Wildman–Crippen MR) is 68.2 cm³/mol. The molecule has 16 heavy (non-hydrogen) atoms. The average Bonchev–Trinajstić information content (AvgIpc) is 2.16. The standard InChI is InChI=1S/C11H22ClNO2S/c1-9(2)8-16(14,15)13-6-4-11(5-7-13)10(3)12/h9-11H,4-8H2,1-3H3. The van der Waals surface area contributed by atoms with Gasteiger partial charge in [0, 0.05) is 18.5 Å². The second-order valence-corrected chi connectivity index (χ2v) is 7.79. The van der Waals surface area contributed by atoms with Crippen LogP contribution in [-0.4, -0.2) is 36.9 Å². The van der Waals surface area contributed by atoms with Crippen molar-refractivity contribution in [3.63, 3.8) is 0 Å². The molecule has 0 aromatic carbocycles. The van der Waals surface area contributed by atoms with Gasteiger partial charge in [-0.3, -0.25) is 0 Å². The van der Waals surface area contributed by atoms with E-state index in [-0.39, 0.29) is 17.0 Å². The maximum absolute atomic E-state index is 12.0. The highest BCUT2D eigenvalue weighted by Crippen LogP contribution is 2.25. The van der Waals surface area contributed by atoms with E-state index in [9.17, 15) is 8.42 Å². The van der Waals surface area contributed by atoms with E-state index >= 15 is 0 Å². The molecule has 0 aromatic rings.